The van der Waals surface area contributed by atoms with Crippen molar-refractivity contribution in [2.24, 2.45) is 11.8 Å². The highest BCUT2D eigenvalue weighted by Gasteiger charge is 2.59. The van der Waals surface area contributed by atoms with Gasteiger partial charge in [-0.1, -0.05) is 44.2 Å². The molecule has 0 spiro atoms. The summed E-state index contributed by atoms with van der Waals surface area (Å²) in [5.74, 6) is 1.38. The minimum Gasteiger partial charge on any atom is -0.368 e. The molecule has 3 unspecified atom stereocenters. The minimum atomic E-state index is 0.170. The Kier molecular flexibility index (Phi) is 3.21. The summed E-state index contributed by atoms with van der Waals surface area (Å²) in [6.45, 7) is 7.00. The van der Waals surface area contributed by atoms with E-state index in [9.17, 15) is 0 Å². The molecule has 0 aromatic heterocycles. The Bertz CT molecular complexity index is 438. The molecule has 2 bridgehead atoms. The van der Waals surface area contributed by atoms with E-state index in [0.29, 0.717) is 5.92 Å². The lowest BCUT2D eigenvalue weighted by Crippen LogP contribution is -2.39. The first-order valence-electron chi connectivity index (χ1n) is 7.78. The van der Waals surface area contributed by atoms with E-state index >= 15 is 0 Å². The van der Waals surface area contributed by atoms with Crippen molar-refractivity contribution in [2.75, 3.05) is 0 Å². The molecule has 0 N–H and O–H groups in total. The average Bonchev–Trinajstić information content (AvgIpc) is 2.89. The molecule has 1 heteroatoms. The van der Waals surface area contributed by atoms with Gasteiger partial charge >= 0.3 is 0 Å². The molecule has 2 heterocycles. The van der Waals surface area contributed by atoms with Gasteiger partial charge in [-0.05, 0) is 56.4 Å². The second kappa shape index (κ2) is 4.63. The molecule has 1 aromatic rings. The van der Waals surface area contributed by atoms with Gasteiger partial charge in [0.2, 0.25) is 0 Å². The second-order valence-electron chi connectivity index (χ2n) is 7.09. The lowest BCUT2D eigenvalue weighted by atomic mass is 9.68. The highest BCUT2D eigenvalue weighted by Crippen LogP contribution is 2.58. The number of fused-ring (bicyclic) bond motifs is 2. The van der Waals surface area contributed by atoms with E-state index in [1.54, 1.807) is 0 Å². The van der Waals surface area contributed by atoms with E-state index in [0.717, 1.165) is 5.92 Å². The highest BCUT2D eigenvalue weighted by molar-refractivity contribution is 5.16. The molecule has 104 valence electrons. The number of ether oxygens (including phenoxy) is 1. The number of hydrogen-bond acceptors (Lipinski definition) is 1. The van der Waals surface area contributed by atoms with E-state index < -0.39 is 0 Å². The summed E-state index contributed by atoms with van der Waals surface area (Å²) >= 11 is 0. The Hall–Kier alpha value is -0.820. The molecule has 2 fully saturated rings. The zero-order chi connectivity index (χ0) is 13.5. The van der Waals surface area contributed by atoms with Crippen molar-refractivity contribution in [3.63, 3.8) is 0 Å². The fraction of sp³-hybridized carbons (Fsp3) is 0.667. The third-order valence-corrected chi connectivity index (χ3v) is 5.45. The first-order chi connectivity index (χ1) is 9.04. The zero-order valence-electron chi connectivity index (χ0n) is 12.5. The Balaban J connectivity index is 1.71. The molecule has 2 saturated heterocycles. The topological polar surface area (TPSA) is 9.23 Å². The van der Waals surface area contributed by atoms with Crippen LogP contribution in [0.5, 0.6) is 0 Å². The quantitative estimate of drug-likeness (QED) is 0.766. The fourth-order valence-corrected chi connectivity index (χ4v) is 4.36. The van der Waals surface area contributed by atoms with Crippen molar-refractivity contribution in [3.05, 3.63) is 35.9 Å². The van der Waals surface area contributed by atoms with Crippen LogP contribution < -0.4 is 0 Å². The molecule has 1 aromatic carbocycles. The van der Waals surface area contributed by atoms with Crippen molar-refractivity contribution in [3.8, 4) is 0 Å². The standard InChI is InChI=1S/C18H26O/c1-14(2)18-12-11-17(3,19-18)13-16(18)10-9-15-7-5-4-6-8-15/h4-8,14,16H,9-13H2,1-3H3. The summed E-state index contributed by atoms with van der Waals surface area (Å²) in [5.41, 5.74) is 1.81. The van der Waals surface area contributed by atoms with E-state index in [-0.39, 0.29) is 11.2 Å². The van der Waals surface area contributed by atoms with Gasteiger partial charge < -0.3 is 4.74 Å². The third kappa shape index (κ3) is 2.23. The Labute approximate surface area is 117 Å². The van der Waals surface area contributed by atoms with Crippen molar-refractivity contribution >= 4 is 0 Å². The summed E-state index contributed by atoms with van der Waals surface area (Å²) in [4.78, 5) is 0. The zero-order valence-corrected chi connectivity index (χ0v) is 12.5. The minimum absolute atomic E-state index is 0.170. The van der Waals surface area contributed by atoms with Gasteiger partial charge in [-0.15, -0.1) is 0 Å². The van der Waals surface area contributed by atoms with Crippen LogP contribution in [0.25, 0.3) is 0 Å². The number of hydrogen-bond donors (Lipinski definition) is 0. The lowest BCUT2D eigenvalue weighted by Gasteiger charge is -2.36. The summed E-state index contributed by atoms with van der Waals surface area (Å²) in [7, 11) is 0. The molecular formula is C18H26O. The molecule has 19 heavy (non-hydrogen) atoms. The van der Waals surface area contributed by atoms with Crippen LogP contribution in [-0.4, -0.2) is 11.2 Å². The SMILES string of the molecule is CC(C)C12CCC(C)(CC1CCc1ccccc1)O2. The molecule has 3 rings (SSSR count). The summed E-state index contributed by atoms with van der Waals surface area (Å²) in [6, 6.07) is 10.9. The molecule has 0 amide bonds. The largest absolute Gasteiger partial charge is 0.368 e. The molecule has 0 saturated carbocycles. The number of benzene rings is 1. The molecule has 1 nitrogen and oxygen atoms in total. The normalized spacial score (nSPS) is 37.2. The lowest BCUT2D eigenvalue weighted by molar-refractivity contribution is -0.0786. The Morgan fingerprint density at radius 2 is 1.95 bits per heavy atom. The number of rotatable bonds is 4. The fourth-order valence-electron chi connectivity index (χ4n) is 4.36. The van der Waals surface area contributed by atoms with Crippen molar-refractivity contribution in [1.82, 2.24) is 0 Å². The predicted molar refractivity (Wildman–Crippen MR) is 79.2 cm³/mol. The monoisotopic (exact) mass is 258 g/mol. The first-order valence-corrected chi connectivity index (χ1v) is 7.78. The van der Waals surface area contributed by atoms with E-state index in [2.05, 4.69) is 51.1 Å². The summed E-state index contributed by atoms with van der Waals surface area (Å²) in [6.07, 6.45) is 6.25. The van der Waals surface area contributed by atoms with Crippen LogP contribution in [0, 0.1) is 11.8 Å². The van der Waals surface area contributed by atoms with E-state index in [1.165, 1.54) is 37.7 Å². The van der Waals surface area contributed by atoms with Crippen LogP contribution in [0.3, 0.4) is 0 Å². The van der Waals surface area contributed by atoms with Gasteiger partial charge in [0.15, 0.2) is 0 Å². The van der Waals surface area contributed by atoms with Gasteiger partial charge in [0.25, 0.3) is 0 Å². The van der Waals surface area contributed by atoms with Gasteiger partial charge in [0.1, 0.15) is 0 Å². The molecular weight excluding hydrogens is 232 g/mol. The molecule has 2 aliphatic heterocycles. The Morgan fingerprint density at radius 3 is 2.58 bits per heavy atom. The summed E-state index contributed by atoms with van der Waals surface area (Å²) in [5, 5.41) is 0. The molecule has 0 radical (unpaired) electrons. The molecule has 2 aliphatic rings. The van der Waals surface area contributed by atoms with Crippen LogP contribution >= 0.6 is 0 Å². The van der Waals surface area contributed by atoms with Crippen LogP contribution in [0.1, 0.15) is 52.0 Å². The van der Waals surface area contributed by atoms with Gasteiger partial charge in [0.05, 0.1) is 11.2 Å². The van der Waals surface area contributed by atoms with Gasteiger partial charge in [-0.2, -0.15) is 0 Å². The smallest absolute Gasteiger partial charge is 0.0742 e. The predicted octanol–water partition coefficient (Wildman–Crippen LogP) is 4.60. The Morgan fingerprint density at radius 1 is 1.21 bits per heavy atom. The summed E-state index contributed by atoms with van der Waals surface area (Å²) < 4.78 is 6.51. The second-order valence-corrected chi connectivity index (χ2v) is 7.09. The van der Waals surface area contributed by atoms with Gasteiger partial charge in [0, 0.05) is 0 Å². The maximum atomic E-state index is 6.51. The van der Waals surface area contributed by atoms with Crippen molar-refractivity contribution in [1.29, 1.82) is 0 Å². The van der Waals surface area contributed by atoms with Gasteiger partial charge in [-0.3, -0.25) is 0 Å². The molecule has 3 atom stereocenters. The average molecular weight is 258 g/mol. The molecule has 0 aliphatic carbocycles. The van der Waals surface area contributed by atoms with Crippen LogP contribution in [0.15, 0.2) is 30.3 Å². The number of aryl methyl sites for hydroxylation is 1. The van der Waals surface area contributed by atoms with Crippen molar-refractivity contribution < 1.29 is 4.74 Å². The highest BCUT2D eigenvalue weighted by atomic mass is 16.5. The third-order valence-electron chi connectivity index (χ3n) is 5.45. The maximum absolute atomic E-state index is 6.51. The maximum Gasteiger partial charge on any atom is 0.0742 e. The van der Waals surface area contributed by atoms with Crippen molar-refractivity contribution in [2.45, 2.75) is 64.1 Å². The first kappa shape index (κ1) is 13.2. The van der Waals surface area contributed by atoms with Gasteiger partial charge in [-0.25, -0.2) is 0 Å². The van der Waals surface area contributed by atoms with Crippen LogP contribution in [0.4, 0.5) is 0 Å². The van der Waals surface area contributed by atoms with E-state index in [1.807, 2.05) is 0 Å². The van der Waals surface area contributed by atoms with E-state index in [4.69, 9.17) is 4.74 Å². The van der Waals surface area contributed by atoms with Crippen LogP contribution in [0.2, 0.25) is 0 Å². The van der Waals surface area contributed by atoms with Crippen LogP contribution in [-0.2, 0) is 11.2 Å².